The van der Waals surface area contributed by atoms with E-state index in [0.29, 0.717) is 5.57 Å². The number of carbonyl (C=O) groups is 2. The van der Waals surface area contributed by atoms with Gasteiger partial charge in [-0.15, -0.1) is 0 Å². The van der Waals surface area contributed by atoms with Gasteiger partial charge in [0.15, 0.2) is 6.04 Å². The minimum Gasteiger partial charge on any atom is -0.479 e. The normalized spacial score (nSPS) is 13.5. The number of alkyl carbamates (subject to hydrolysis) is 1. The number of aliphatic carboxylic acids is 1. The van der Waals surface area contributed by atoms with E-state index in [4.69, 9.17) is 9.84 Å². The largest absolute Gasteiger partial charge is 0.479 e. The molecule has 5 nitrogen and oxygen atoms in total. The van der Waals surface area contributed by atoms with Crippen LogP contribution in [-0.2, 0) is 9.53 Å². The summed E-state index contributed by atoms with van der Waals surface area (Å²) >= 11 is 0. The molecule has 2 aromatic rings. The molecule has 2 N–H and O–H groups in total. The summed E-state index contributed by atoms with van der Waals surface area (Å²) in [7, 11) is 0. The highest BCUT2D eigenvalue weighted by atomic mass is 16.5. The molecule has 0 bridgehead atoms. The minimum atomic E-state index is -1.17. The summed E-state index contributed by atoms with van der Waals surface area (Å²) in [5.41, 5.74) is 4.81. The maximum absolute atomic E-state index is 12.0. The molecule has 25 heavy (non-hydrogen) atoms. The van der Waals surface area contributed by atoms with E-state index in [1.165, 1.54) is 0 Å². The molecule has 0 saturated carbocycles. The fourth-order valence-corrected chi connectivity index (χ4v) is 3.15. The molecule has 0 saturated heterocycles. The van der Waals surface area contributed by atoms with Crippen LogP contribution in [0.4, 0.5) is 4.79 Å². The second kappa shape index (κ2) is 6.81. The van der Waals surface area contributed by atoms with Gasteiger partial charge in [-0.05, 0) is 34.8 Å². The number of carbonyl (C=O) groups excluding carboxylic acids is 1. The Hall–Kier alpha value is -3.08. The Morgan fingerprint density at radius 1 is 1.12 bits per heavy atom. The smallest absolute Gasteiger partial charge is 0.408 e. The van der Waals surface area contributed by atoms with Crippen molar-refractivity contribution in [2.24, 2.45) is 0 Å². The lowest BCUT2D eigenvalue weighted by molar-refractivity contribution is -0.138. The van der Waals surface area contributed by atoms with Crippen molar-refractivity contribution in [2.45, 2.75) is 18.9 Å². The van der Waals surface area contributed by atoms with Crippen LogP contribution in [0.5, 0.6) is 0 Å². The van der Waals surface area contributed by atoms with E-state index in [9.17, 15) is 9.59 Å². The number of carboxylic acids is 1. The van der Waals surface area contributed by atoms with Gasteiger partial charge in [-0.25, -0.2) is 9.59 Å². The van der Waals surface area contributed by atoms with Gasteiger partial charge < -0.3 is 15.2 Å². The van der Waals surface area contributed by atoms with Crippen LogP contribution in [0.15, 0.2) is 60.7 Å². The third-order valence-corrected chi connectivity index (χ3v) is 4.35. The van der Waals surface area contributed by atoms with E-state index in [-0.39, 0.29) is 12.5 Å². The Kier molecular flexibility index (Phi) is 4.57. The van der Waals surface area contributed by atoms with Gasteiger partial charge in [0, 0.05) is 5.92 Å². The van der Waals surface area contributed by atoms with Crippen LogP contribution < -0.4 is 5.32 Å². The molecule has 0 fully saturated rings. The van der Waals surface area contributed by atoms with Crippen molar-refractivity contribution in [3.63, 3.8) is 0 Å². The van der Waals surface area contributed by atoms with E-state index in [1.807, 2.05) is 36.4 Å². The van der Waals surface area contributed by atoms with Crippen LogP contribution in [0.3, 0.4) is 0 Å². The maximum atomic E-state index is 12.0. The molecule has 3 rings (SSSR count). The summed E-state index contributed by atoms with van der Waals surface area (Å²) in [6, 6.07) is 14.9. The van der Waals surface area contributed by atoms with Gasteiger partial charge in [0.2, 0.25) is 0 Å². The Morgan fingerprint density at radius 2 is 1.64 bits per heavy atom. The number of benzene rings is 2. The van der Waals surface area contributed by atoms with Crippen molar-refractivity contribution < 1.29 is 19.4 Å². The number of carboxylic acid groups (broad SMARTS) is 1. The molecule has 5 heteroatoms. The molecule has 0 radical (unpaired) electrons. The van der Waals surface area contributed by atoms with Gasteiger partial charge in [0.1, 0.15) is 6.61 Å². The average molecular weight is 337 g/mol. The molecular formula is C20H19NO4. The quantitative estimate of drug-likeness (QED) is 0.818. The van der Waals surface area contributed by atoms with Gasteiger partial charge in [-0.3, -0.25) is 0 Å². The molecule has 128 valence electrons. The lowest BCUT2D eigenvalue weighted by atomic mass is 9.98. The SMILES string of the molecule is C=C(C)[C@@H](NC(=O)OCC1c2ccccc2-c2ccccc21)C(=O)O. The highest BCUT2D eigenvalue weighted by Crippen LogP contribution is 2.44. The zero-order chi connectivity index (χ0) is 18.0. The van der Waals surface area contributed by atoms with E-state index in [0.717, 1.165) is 22.3 Å². The highest BCUT2D eigenvalue weighted by molar-refractivity contribution is 5.83. The summed E-state index contributed by atoms with van der Waals surface area (Å²) in [5, 5.41) is 11.4. The van der Waals surface area contributed by atoms with Crippen molar-refractivity contribution in [3.05, 3.63) is 71.8 Å². The second-order valence-corrected chi connectivity index (χ2v) is 6.09. The van der Waals surface area contributed by atoms with E-state index < -0.39 is 18.1 Å². The van der Waals surface area contributed by atoms with Crippen LogP contribution in [0, 0.1) is 0 Å². The number of rotatable bonds is 5. The van der Waals surface area contributed by atoms with Crippen molar-refractivity contribution in [3.8, 4) is 11.1 Å². The molecule has 0 aliphatic heterocycles. The van der Waals surface area contributed by atoms with Crippen molar-refractivity contribution in [1.29, 1.82) is 0 Å². The highest BCUT2D eigenvalue weighted by Gasteiger charge is 2.29. The zero-order valence-corrected chi connectivity index (χ0v) is 13.9. The van der Waals surface area contributed by atoms with Gasteiger partial charge in [-0.2, -0.15) is 0 Å². The van der Waals surface area contributed by atoms with E-state index in [2.05, 4.69) is 24.0 Å². The Morgan fingerprint density at radius 3 is 2.12 bits per heavy atom. The first-order chi connectivity index (χ1) is 12.0. The first-order valence-corrected chi connectivity index (χ1v) is 7.98. The van der Waals surface area contributed by atoms with E-state index >= 15 is 0 Å². The molecule has 0 spiro atoms. The maximum Gasteiger partial charge on any atom is 0.408 e. The predicted molar refractivity (Wildman–Crippen MR) is 94.4 cm³/mol. The van der Waals surface area contributed by atoms with Crippen LogP contribution in [0.1, 0.15) is 24.0 Å². The monoisotopic (exact) mass is 337 g/mol. The van der Waals surface area contributed by atoms with Gasteiger partial charge in [0.05, 0.1) is 0 Å². The zero-order valence-electron chi connectivity index (χ0n) is 13.9. The molecule has 1 atom stereocenters. The predicted octanol–water partition coefficient (Wildman–Crippen LogP) is 3.55. The Labute approximate surface area is 145 Å². The summed E-state index contributed by atoms with van der Waals surface area (Å²) in [6.07, 6.45) is -0.766. The molecule has 0 aromatic heterocycles. The topological polar surface area (TPSA) is 75.6 Å². The Balaban J connectivity index is 1.74. The molecule has 1 aliphatic rings. The summed E-state index contributed by atoms with van der Waals surface area (Å²) < 4.78 is 5.32. The molecular weight excluding hydrogens is 318 g/mol. The third kappa shape index (κ3) is 3.26. The van der Waals surface area contributed by atoms with Crippen LogP contribution in [0.25, 0.3) is 11.1 Å². The fraction of sp³-hybridized carbons (Fsp3) is 0.200. The molecule has 1 aliphatic carbocycles. The second-order valence-electron chi connectivity index (χ2n) is 6.09. The van der Waals surface area contributed by atoms with Crippen molar-refractivity contribution in [2.75, 3.05) is 6.61 Å². The summed E-state index contributed by atoms with van der Waals surface area (Å²) in [4.78, 5) is 23.1. The van der Waals surface area contributed by atoms with Gasteiger partial charge in [-0.1, -0.05) is 55.1 Å². The number of fused-ring (bicyclic) bond motifs is 3. The molecule has 0 unspecified atom stereocenters. The lowest BCUT2D eigenvalue weighted by Crippen LogP contribution is -2.42. The number of hydrogen-bond acceptors (Lipinski definition) is 3. The number of nitrogens with one attached hydrogen (secondary N) is 1. The summed E-state index contributed by atoms with van der Waals surface area (Å²) in [5.74, 6) is -1.23. The van der Waals surface area contributed by atoms with E-state index in [1.54, 1.807) is 6.92 Å². The van der Waals surface area contributed by atoms with Crippen LogP contribution in [-0.4, -0.2) is 29.8 Å². The van der Waals surface area contributed by atoms with Gasteiger partial charge in [0.25, 0.3) is 0 Å². The molecule has 0 heterocycles. The minimum absolute atomic E-state index is 0.0637. The van der Waals surface area contributed by atoms with Crippen molar-refractivity contribution >= 4 is 12.1 Å². The van der Waals surface area contributed by atoms with Crippen LogP contribution in [0.2, 0.25) is 0 Å². The fourth-order valence-electron chi connectivity index (χ4n) is 3.15. The van der Waals surface area contributed by atoms with Crippen molar-refractivity contribution in [1.82, 2.24) is 5.32 Å². The van der Waals surface area contributed by atoms with Gasteiger partial charge >= 0.3 is 12.1 Å². The molecule has 2 aromatic carbocycles. The first kappa shape index (κ1) is 16.8. The van der Waals surface area contributed by atoms with Crippen LogP contribution >= 0.6 is 0 Å². The average Bonchev–Trinajstić information content (AvgIpc) is 2.91. The summed E-state index contributed by atoms with van der Waals surface area (Å²) in [6.45, 7) is 5.26. The Bertz CT molecular complexity index is 784. The number of amides is 1. The number of ether oxygens (including phenoxy) is 1. The number of hydrogen-bond donors (Lipinski definition) is 2. The molecule has 1 amide bonds. The first-order valence-electron chi connectivity index (χ1n) is 7.98. The third-order valence-electron chi connectivity index (χ3n) is 4.35. The standard InChI is InChI=1S/C20H19NO4/c1-12(2)18(19(22)23)21-20(24)25-11-17-15-9-5-3-7-13(15)14-8-4-6-10-16(14)17/h3-10,17-18H,1,11H2,2H3,(H,21,24)(H,22,23)/t18-/m1/s1. The lowest BCUT2D eigenvalue weighted by Gasteiger charge is -2.17.